The summed E-state index contributed by atoms with van der Waals surface area (Å²) >= 11 is 0. The Morgan fingerprint density at radius 2 is 1.95 bits per heavy atom. The molecule has 0 spiro atoms. The van der Waals surface area contributed by atoms with Crippen molar-refractivity contribution >= 4 is 17.3 Å². The summed E-state index contributed by atoms with van der Waals surface area (Å²) in [4.78, 5) is 14.5. The van der Waals surface area contributed by atoms with E-state index in [-0.39, 0.29) is 24.6 Å². The first kappa shape index (κ1) is 17.5. The van der Waals surface area contributed by atoms with E-state index in [1.54, 1.807) is 12.1 Å². The Bertz CT molecular complexity index is 447. The van der Waals surface area contributed by atoms with Crippen LogP contribution in [-0.4, -0.2) is 41.1 Å². The molecule has 0 aliphatic heterocycles. The monoisotopic (exact) mass is 293 g/mol. The van der Waals surface area contributed by atoms with Gasteiger partial charge in [-0.15, -0.1) is 0 Å². The molecule has 21 heavy (non-hydrogen) atoms. The molecule has 4 N–H and O–H groups in total. The minimum Gasteiger partial charge on any atom is -0.397 e. The van der Waals surface area contributed by atoms with Gasteiger partial charge in [-0.3, -0.25) is 9.69 Å². The lowest BCUT2D eigenvalue weighted by Gasteiger charge is -2.34. The number of hydrogen-bond donors (Lipinski definition) is 3. The summed E-state index contributed by atoms with van der Waals surface area (Å²) in [7, 11) is 0. The molecule has 1 aromatic rings. The third-order valence-electron chi connectivity index (χ3n) is 3.87. The molecule has 1 unspecified atom stereocenters. The van der Waals surface area contributed by atoms with Crippen LogP contribution in [0.4, 0.5) is 11.4 Å². The fourth-order valence-electron chi connectivity index (χ4n) is 2.56. The topological polar surface area (TPSA) is 78.6 Å². The zero-order valence-corrected chi connectivity index (χ0v) is 13.2. The van der Waals surface area contributed by atoms with Crippen molar-refractivity contribution in [3.63, 3.8) is 0 Å². The number of aliphatic hydroxyl groups excluding tert-OH is 1. The summed E-state index contributed by atoms with van der Waals surface area (Å²) in [6.45, 7) is 6.59. The van der Waals surface area contributed by atoms with Gasteiger partial charge < -0.3 is 16.2 Å². The number of nitrogens with zero attached hydrogens (tertiary/aromatic N) is 1. The first-order chi connectivity index (χ1) is 10.0. The summed E-state index contributed by atoms with van der Waals surface area (Å²) in [5, 5.41) is 12.1. The van der Waals surface area contributed by atoms with Gasteiger partial charge in [-0.05, 0) is 31.9 Å². The van der Waals surface area contributed by atoms with Gasteiger partial charge in [-0.2, -0.15) is 0 Å². The van der Waals surface area contributed by atoms with E-state index in [2.05, 4.69) is 24.1 Å². The van der Waals surface area contributed by atoms with Crippen molar-refractivity contribution in [2.45, 2.75) is 45.7 Å². The van der Waals surface area contributed by atoms with Crippen LogP contribution in [0.2, 0.25) is 0 Å². The van der Waals surface area contributed by atoms with Gasteiger partial charge in [0, 0.05) is 12.6 Å². The average molecular weight is 293 g/mol. The molecule has 0 aromatic heterocycles. The van der Waals surface area contributed by atoms with Crippen molar-refractivity contribution in [1.29, 1.82) is 0 Å². The minimum atomic E-state index is -0.318. The Hall–Kier alpha value is -1.59. The summed E-state index contributed by atoms with van der Waals surface area (Å²) in [6, 6.07) is 7.17. The lowest BCUT2D eigenvalue weighted by molar-refractivity contribution is -0.121. The molecule has 5 nitrogen and oxygen atoms in total. The van der Waals surface area contributed by atoms with Gasteiger partial charge in [0.05, 0.1) is 24.0 Å². The maximum atomic E-state index is 12.4. The van der Waals surface area contributed by atoms with Crippen LogP contribution in [0.25, 0.3) is 0 Å². The molecule has 1 aromatic carbocycles. The van der Waals surface area contributed by atoms with Crippen molar-refractivity contribution in [3.05, 3.63) is 24.3 Å². The lowest BCUT2D eigenvalue weighted by Crippen LogP contribution is -2.48. The highest BCUT2D eigenvalue weighted by molar-refractivity contribution is 5.97. The summed E-state index contributed by atoms with van der Waals surface area (Å²) in [6.07, 6.45) is 1.89. The summed E-state index contributed by atoms with van der Waals surface area (Å²) in [5.41, 5.74) is 7.03. The van der Waals surface area contributed by atoms with Gasteiger partial charge in [0.15, 0.2) is 0 Å². The Morgan fingerprint density at radius 3 is 2.48 bits per heavy atom. The van der Waals surface area contributed by atoms with Crippen molar-refractivity contribution < 1.29 is 9.90 Å². The SMILES string of the molecule is CCC(CC)N(CCO)C(C)C(=O)Nc1ccccc1N. The Morgan fingerprint density at radius 1 is 1.33 bits per heavy atom. The van der Waals surface area contributed by atoms with E-state index in [0.717, 1.165) is 12.8 Å². The molecule has 0 fully saturated rings. The number of nitrogens with two attached hydrogens (primary N) is 1. The van der Waals surface area contributed by atoms with Gasteiger partial charge in [-0.1, -0.05) is 26.0 Å². The molecular formula is C16H27N3O2. The van der Waals surface area contributed by atoms with E-state index >= 15 is 0 Å². The number of amides is 1. The third kappa shape index (κ3) is 4.72. The van der Waals surface area contributed by atoms with Crippen molar-refractivity contribution in [3.8, 4) is 0 Å². The zero-order valence-electron chi connectivity index (χ0n) is 13.2. The maximum absolute atomic E-state index is 12.4. The summed E-state index contributed by atoms with van der Waals surface area (Å²) < 4.78 is 0. The molecule has 0 aliphatic rings. The molecular weight excluding hydrogens is 266 g/mol. The van der Waals surface area contributed by atoms with E-state index in [0.29, 0.717) is 17.9 Å². The fraction of sp³-hybridized carbons (Fsp3) is 0.562. The number of nitrogen functional groups attached to an aromatic ring is 1. The van der Waals surface area contributed by atoms with Crippen LogP contribution in [0.15, 0.2) is 24.3 Å². The van der Waals surface area contributed by atoms with E-state index in [1.807, 2.05) is 19.1 Å². The maximum Gasteiger partial charge on any atom is 0.241 e. The lowest BCUT2D eigenvalue weighted by atomic mass is 10.1. The number of rotatable bonds is 8. The molecule has 0 radical (unpaired) electrons. The Kier molecular flexibility index (Phi) is 7.19. The van der Waals surface area contributed by atoms with Gasteiger partial charge in [0.25, 0.3) is 0 Å². The normalized spacial score (nSPS) is 12.7. The molecule has 5 heteroatoms. The zero-order chi connectivity index (χ0) is 15.8. The average Bonchev–Trinajstić information content (AvgIpc) is 2.49. The number of anilines is 2. The van der Waals surface area contributed by atoms with Crippen LogP contribution < -0.4 is 11.1 Å². The fourth-order valence-corrected chi connectivity index (χ4v) is 2.56. The highest BCUT2D eigenvalue weighted by Crippen LogP contribution is 2.19. The number of nitrogens with one attached hydrogen (secondary N) is 1. The molecule has 0 saturated carbocycles. The quantitative estimate of drug-likeness (QED) is 0.641. The number of aliphatic hydroxyl groups is 1. The van der Waals surface area contributed by atoms with Gasteiger partial charge >= 0.3 is 0 Å². The van der Waals surface area contributed by atoms with Crippen LogP contribution in [0.1, 0.15) is 33.6 Å². The van der Waals surface area contributed by atoms with E-state index in [9.17, 15) is 9.90 Å². The highest BCUT2D eigenvalue weighted by atomic mass is 16.3. The number of carbonyl (C=O) groups excluding carboxylic acids is 1. The predicted molar refractivity (Wildman–Crippen MR) is 87.1 cm³/mol. The molecule has 0 bridgehead atoms. The second kappa shape index (κ2) is 8.64. The standard InChI is InChI=1S/C16H27N3O2/c1-4-13(5-2)19(10-11-20)12(3)16(21)18-15-9-7-6-8-14(15)17/h6-9,12-13,20H,4-5,10-11,17H2,1-3H3,(H,18,21). The number of carbonyl (C=O) groups is 1. The van der Waals surface area contributed by atoms with E-state index in [4.69, 9.17) is 5.73 Å². The van der Waals surface area contributed by atoms with Crippen LogP contribution in [0.5, 0.6) is 0 Å². The third-order valence-corrected chi connectivity index (χ3v) is 3.87. The second-order valence-corrected chi connectivity index (χ2v) is 5.18. The minimum absolute atomic E-state index is 0.0432. The smallest absolute Gasteiger partial charge is 0.241 e. The number of benzene rings is 1. The van der Waals surface area contributed by atoms with Crippen molar-refractivity contribution in [1.82, 2.24) is 4.90 Å². The van der Waals surface area contributed by atoms with Crippen molar-refractivity contribution in [2.75, 3.05) is 24.2 Å². The van der Waals surface area contributed by atoms with Crippen LogP contribution in [0.3, 0.4) is 0 Å². The highest BCUT2D eigenvalue weighted by Gasteiger charge is 2.26. The molecule has 1 amide bonds. The summed E-state index contributed by atoms with van der Waals surface area (Å²) in [5.74, 6) is -0.103. The van der Waals surface area contributed by atoms with Gasteiger partial charge in [-0.25, -0.2) is 0 Å². The molecule has 0 saturated heterocycles. The first-order valence-corrected chi connectivity index (χ1v) is 7.57. The molecule has 0 aliphatic carbocycles. The predicted octanol–water partition coefficient (Wildman–Crippen LogP) is 2.08. The number of para-hydroxylation sites is 2. The Labute approximate surface area is 127 Å². The van der Waals surface area contributed by atoms with E-state index in [1.165, 1.54) is 0 Å². The van der Waals surface area contributed by atoms with Crippen molar-refractivity contribution in [2.24, 2.45) is 0 Å². The first-order valence-electron chi connectivity index (χ1n) is 7.57. The van der Waals surface area contributed by atoms with Crippen LogP contribution in [0, 0.1) is 0 Å². The number of hydrogen-bond acceptors (Lipinski definition) is 4. The Balaban J connectivity index is 2.80. The van der Waals surface area contributed by atoms with Gasteiger partial charge in [0.1, 0.15) is 0 Å². The largest absolute Gasteiger partial charge is 0.397 e. The second-order valence-electron chi connectivity index (χ2n) is 5.18. The molecule has 0 heterocycles. The van der Waals surface area contributed by atoms with E-state index < -0.39 is 0 Å². The van der Waals surface area contributed by atoms with Gasteiger partial charge in [0.2, 0.25) is 5.91 Å². The molecule has 1 atom stereocenters. The molecule has 1 rings (SSSR count). The van der Waals surface area contributed by atoms with Crippen LogP contribution in [-0.2, 0) is 4.79 Å². The van der Waals surface area contributed by atoms with Crippen LogP contribution >= 0.6 is 0 Å². The molecule has 118 valence electrons.